The monoisotopic (exact) mass is 212 g/mol. The molecule has 0 heterocycles. The number of halogens is 1. The summed E-state index contributed by atoms with van der Waals surface area (Å²) in [7, 11) is 0. The highest BCUT2D eigenvalue weighted by Gasteiger charge is 1.99. The van der Waals surface area contributed by atoms with Crippen LogP contribution in [0.1, 0.15) is 18.6 Å². The summed E-state index contributed by atoms with van der Waals surface area (Å²) in [6.45, 7) is 2.18. The molecule has 1 N–H and O–H groups in total. The zero-order chi connectivity index (χ0) is 10.4. The predicted molar refractivity (Wildman–Crippen MR) is 57.6 cm³/mol. The van der Waals surface area contributed by atoms with Crippen LogP contribution in [0, 0.1) is 0 Å². The van der Waals surface area contributed by atoms with Crippen LogP contribution in [0.25, 0.3) is 0 Å². The van der Waals surface area contributed by atoms with Gasteiger partial charge in [-0.1, -0.05) is 23.7 Å². The number of ether oxygens (including phenoxy) is 1. The lowest BCUT2D eigenvalue weighted by Gasteiger charge is -2.06. The summed E-state index contributed by atoms with van der Waals surface area (Å²) < 4.78 is 5.33. The summed E-state index contributed by atoms with van der Waals surface area (Å²) >= 11 is 5.34. The quantitative estimate of drug-likeness (QED) is 0.832. The van der Waals surface area contributed by atoms with Gasteiger partial charge in [0.1, 0.15) is 12.4 Å². The van der Waals surface area contributed by atoms with Crippen molar-refractivity contribution in [3.05, 3.63) is 41.4 Å². The third-order valence-corrected chi connectivity index (χ3v) is 1.98. The predicted octanol–water partition coefficient (Wildman–Crippen LogP) is 2.87. The number of benzene rings is 1. The van der Waals surface area contributed by atoms with Gasteiger partial charge in [-0.2, -0.15) is 0 Å². The van der Waals surface area contributed by atoms with Crippen molar-refractivity contribution >= 4 is 11.6 Å². The molecule has 1 rings (SSSR count). The summed E-state index contributed by atoms with van der Waals surface area (Å²) in [5.41, 5.74) is 2.30. The fourth-order valence-electron chi connectivity index (χ4n) is 1.02. The van der Waals surface area contributed by atoms with Crippen molar-refractivity contribution in [3.8, 4) is 5.75 Å². The second-order valence-corrected chi connectivity index (χ2v) is 3.17. The van der Waals surface area contributed by atoms with Crippen LogP contribution in [0.4, 0.5) is 0 Å². The molecule has 76 valence electrons. The highest BCUT2D eigenvalue weighted by Crippen LogP contribution is 2.17. The van der Waals surface area contributed by atoms with E-state index in [1.165, 1.54) is 5.54 Å². The summed E-state index contributed by atoms with van der Waals surface area (Å²) in [5, 5.41) is 9.26. The molecule has 0 saturated carbocycles. The van der Waals surface area contributed by atoms with E-state index in [1.807, 2.05) is 24.3 Å². The van der Waals surface area contributed by atoms with Gasteiger partial charge in [-0.15, -0.1) is 0 Å². The van der Waals surface area contributed by atoms with Crippen molar-refractivity contribution < 1.29 is 9.84 Å². The smallest absolute Gasteiger partial charge is 0.119 e. The summed E-state index contributed by atoms with van der Waals surface area (Å²) in [6, 6.07) is 7.32. The summed E-state index contributed by atoms with van der Waals surface area (Å²) in [4.78, 5) is 0. The van der Waals surface area contributed by atoms with E-state index < -0.39 is 6.10 Å². The molecule has 0 aliphatic heterocycles. The van der Waals surface area contributed by atoms with Gasteiger partial charge in [0.05, 0.1) is 6.10 Å². The Balaban J connectivity index is 2.55. The van der Waals surface area contributed by atoms with Crippen molar-refractivity contribution in [2.45, 2.75) is 13.0 Å². The lowest BCUT2D eigenvalue weighted by atomic mass is 10.1. The van der Waals surface area contributed by atoms with E-state index in [0.29, 0.717) is 6.61 Å². The lowest BCUT2D eigenvalue weighted by Crippen LogP contribution is -1.94. The fraction of sp³-hybridized carbons (Fsp3) is 0.273. The Morgan fingerprint density at radius 2 is 2.07 bits per heavy atom. The van der Waals surface area contributed by atoms with Gasteiger partial charge >= 0.3 is 0 Å². The first-order valence-corrected chi connectivity index (χ1v) is 4.83. The Bertz CT molecular complexity index is 291. The average Bonchev–Trinajstić information content (AvgIpc) is 2.19. The van der Waals surface area contributed by atoms with Crippen LogP contribution in [0.3, 0.4) is 0 Å². The van der Waals surface area contributed by atoms with Gasteiger partial charge in [-0.3, -0.25) is 0 Å². The first-order valence-electron chi connectivity index (χ1n) is 4.40. The van der Waals surface area contributed by atoms with E-state index in [-0.39, 0.29) is 0 Å². The molecule has 0 saturated heterocycles. The van der Waals surface area contributed by atoms with Gasteiger partial charge in [-0.05, 0) is 30.7 Å². The molecule has 0 unspecified atom stereocenters. The van der Waals surface area contributed by atoms with Crippen molar-refractivity contribution in [3.63, 3.8) is 0 Å². The van der Waals surface area contributed by atoms with Crippen LogP contribution in [0.2, 0.25) is 0 Å². The first-order chi connectivity index (χ1) is 6.74. The molecule has 0 fully saturated rings. The zero-order valence-electron chi connectivity index (χ0n) is 7.98. The van der Waals surface area contributed by atoms with Gasteiger partial charge in [-0.25, -0.2) is 0 Å². The molecule has 0 aliphatic carbocycles. The van der Waals surface area contributed by atoms with Gasteiger partial charge in [0.2, 0.25) is 0 Å². The molecule has 3 heteroatoms. The summed E-state index contributed by atoms with van der Waals surface area (Å²) in [5.74, 6) is 0.768. The molecule has 0 aromatic heterocycles. The van der Waals surface area contributed by atoms with Crippen LogP contribution < -0.4 is 4.74 Å². The van der Waals surface area contributed by atoms with Crippen molar-refractivity contribution in [1.29, 1.82) is 0 Å². The van der Waals surface area contributed by atoms with Crippen LogP contribution in [-0.4, -0.2) is 11.7 Å². The van der Waals surface area contributed by atoms with Crippen molar-refractivity contribution in [2.24, 2.45) is 0 Å². The molecule has 0 amide bonds. The van der Waals surface area contributed by atoms with Crippen LogP contribution in [0.5, 0.6) is 5.75 Å². The highest BCUT2D eigenvalue weighted by molar-refractivity contribution is 6.25. The number of aliphatic hydroxyl groups excluding tert-OH is 1. The molecule has 0 spiro atoms. The van der Waals surface area contributed by atoms with E-state index in [1.54, 1.807) is 13.0 Å². The molecule has 1 atom stereocenters. The molecular weight excluding hydrogens is 200 g/mol. The molecular formula is C11H13ClO2. The second-order valence-electron chi connectivity index (χ2n) is 2.92. The number of aliphatic hydroxyl groups is 1. The minimum Gasteiger partial charge on any atom is -0.490 e. The molecule has 0 bridgehead atoms. The van der Waals surface area contributed by atoms with Gasteiger partial charge in [0, 0.05) is 5.54 Å². The highest BCUT2D eigenvalue weighted by atomic mass is 35.5. The maximum atomic E-state index is 9.26. The average molecular weight is 213 g/mol. The zero-order valence-corrected chi connectivity index (χ0v) is 8.74. The molecule has 0 aliphatic rings. The molecule has 0 radical (unpaired) electrons. The molecule has 1 aromatic carbocycles. The maximum absolute atomic E-state index is 9.26. The Hall–Kier alpha value is -0.990. The summed E-state index contributed by atoms with van der Waals surface area (Å²) in [6.07, 6.45) is 1.27. The Kier molecular flexibility index (Phi) is 4.50. The fourth-order valence-corrected chi connectivity index (χ4v) is 1.10. The number of rotatable bonds is 4. The van der Waals surface area contributed by atoms with Gasteiger partial charge in [0.25, 0.3) is 0 Å². The number of hydrogen-bond donors (Lipinski definition) is 1. The number of hydrogen-bond acceptors (Lipinski definition) is 2. The normalized spacial score (nSPS) is 13.1. The molecule has 14 heavy (non-hydrogen) atoms. The topological polar surface area (TPSA) is 29.5 Å². The molecule has 2 nitrogen and oxygen atoms in total. The largest absolute Gasteiger partial charge is 0.490 e. The van der Waals surface area contributed by atoms with E-state index >= 15 is 0 Å². The SMILES string of the molecule is C[C@H](O)c1ccc(OCC=CCl)cc1. The first kappa shape index (κ1) is 11.1. The Morgan fingerprint density at radius 1 is 1.43 bits per heavy atom. The second kappa shape index (κ2) is 5.68. The minimum absolute atomic E-state index is 0.438. The Morgan fingerprint density at radius 3 is 2.57 bits per heavy atom. The van der Waals surface area contributed by atoms with E-state index in [0.717, 1.165) is 11.3 Å². The van der Waals surface area contributed by atoms with E-state index in [9.17, 15) is 5.11 Å². The minimum atomic E-state index is -0.438. The van der Waals surface area contributed by atoms with Crippen LogP contribution in [-0.2, 0) is 0 Å². The lowest BCUT2D eigenvalue weighted by molar-refractivity contribution is 0.199. The van der Waals surface area contributed by atoms with Crippen molar-refractivity contribution in [1.82, 2.24) is 0 Å². The Labute approximate surface area is 88.8 Å². The van der Waals surface area contributed by atoms with Gasteiger partial charge in [0.15, 0.2) is 0 Å². The third-order valence-electron chi connectivity index (χ3n) is 1.80. The maximum Gasteiger partial charge on any atom is 0.119 e. The van der Waals surface area contributed by atoms with Crippen molar-refractivity contribution in [2.75, 3.05) is 6.61 Å². The van der Waals surface area contributed by atoms with Crippen LogP contribution in [0.15, 0.2) is 35.9 Å². The van der Waals surface area contributed by atoms with Gasteiger partial charge < -0.3 is 9.84 Å². The third kappa shape index (κ3) is 3.40. The standard InChI is InChI=1S/C11H13ClO2/c1-9(13)10-3-5-11(6-4-10)14-8-2-7-12/h2-7,9,13H,8H2,1H3/t9-/m0/s1. The van der Waals surface area contributed by atoms with E-state index in [2.05, 4.69) is 0 Å². The molecule has 1 aromatic rings. The van der Waals surface area contributed by atoms with E-state index in [4.69, 9.17) is 16.3 Å². The van der Waals surface area contributed by atoms with Crippen LogP contribution >= 0.6 is 11.6 Å².